The van der Waals surface area contributed by atoms with E-state index in [9.17, 15) is 9.59 Å². The molecule has 21 heavy (non-hydrogen) atoms. The van der Waals surface area contributed by atoms with Gasteiger partial charge in [-0.2, -0.15) is 0 Å². The SMILES string of the molecule is CC(=O)Nc1ccsc1CNc1cccc(C(=O)O)c1C. The number of carbonyl (C=O) groups is 2. The zero-order valence-electron chi connectivity index (χ0n) is 11.8. The highest BCUT2D eigenvalue weighted by atomic mass is 32.1. The normalized spacial score (nSPS) is 10.2. The van der Waals surface area contributed by atoms with Crippen LogP contribution in [0.3, 0.4) is 0 Å². The first-order valence-electron chi connectivity index (χ1n) is 6.39. The lowest BCUT2D eigenvalue weighted by Gasteiger charge is -2.12. The largest absolute Gasteiger partial charge is 0.478 e. The van der Waals surface area contributed by atoms with E-state index in [2.05, 4.69) is 10.6 Å². The molecule has 0 atom stereocenters. The summed E-state index contributed by atoms with van der Waals surface area (Å²) in [6.45, 7) is 3.77. The van der Waals surface area contributed by atoms with Crippen LogP contribution in [0.15, 0.2) is 29.6 Å². The fraction of sp³-hybridized carbons (Fsp3) is 0.200. The molecule has 1 heterocycles. The van der Waals surface area contributed by atoms with Crippen molar-refractivity contribution in [2.24, 2.45) is 0 Å². The number of nitrogens with one attached hydrogen (secondary N) is 2. The minimum Gasteiger partial charge on any atom is -0.478 e. The van der Waals surface area contributed by atoms with Crippen LogP contribution in [0.2, 0.25) is 0 Å². The molecule has 0 saturated heterocycles. The van der Waals surface area contributed by atoms with Crippen LogP contribution in [0.5, 0.6) is 0 Å². The van der Waals surface area contributed by atoms with Gasteiger partial charge in [-0.15, -0.1) is 11.3 Å². The van der Waals surface area contributed by atoms with Crippen molar-refractivity contribution in [3.05, 3.63) is 45.6 Å². The van der Waals surface area contributed by atoms with Crippen molar-refractivity contribution in [1.29, 1.82) is 0 Å². The maximum Gasteiger partial charge on any atom is 0.336 e. The summed E-state index contributed by atoms with van der Waals surface area (Å²) in [4.78, 5) is 23.2. The Morgan fingerprint density at radius 1 is 1.24 bits per heavy atom. The minimum atomic E-state index is -0.939. The molecule has 0 aliphatic carbocycles. The highest BCUT2D eigenvalue weighted by molar-refractivity contribution is 7.10. The lowest BCUT2D eigenvalue weighted by molar-refractivity contribution is -0.114. The molecule has 0 aliphatic rings. The number of aromatic carboxylic acids is 1. The zero-order chi connectivity index (χ0) is 15.4. The Hall–Kier alpha value is -2.34. The minimum absolute atomic E-state index is 0.112. The van der Waals surface area contributed by atoms with Gasteiger partial charge in [0.05, 0.1) is 17.8 Å². The topological polar surface area (TPSA) is 78.4 Å². The van der Waals surface area contributed by atoms with E-state index in [-0.39, 0.29) is 11.5 Å². The number of hydrogen-bond donors (Lipinski definition) is 3. The molecule has 0 saturated carbocycles. The van der Waals surface area contributed by atoms with Gasteiger partial charge >= 0.3 is 5.97 Å². The van der Waals surface area contributed by atoms with Crippen LogP contribution in [-0.2, 0) is 11.3 Å². The van der Waals surface area contributed by atoms with Crippen molar-refractivity contribution in [2.45, 2.75) is 20.4 Å². The summed E-state index contributed by atoms with van der Waals surface area (Å²) >= 11 is 1.53. The third-order valence-corrected chi connectivity index (χ3v) is 3.98. The van der Waals surface area contributed by atoms with E-state index in [1.54, 1.807) is 19.1 Å². The fourth-order valence-corrected chi connectivity index (χ4v) is 2.78. The third kappa shape index (κ3) is 3.61. The third-order valence-electron chi connectivity index (χ3n) is 3.06. The molecule has 1 aromatic carbocycles. The summed E-state index contributed by atoms with van der Waals surface area (Å²) in [6.07, 6.45) is 0. The molecule has 0 fully saturated rings. The van der Waals surface area contributed by atoms with Gasteiger partial charge in [-0.05, 0) is 36.1 Å². The van der Waals surface area contributed by atoms with E-state index >= 15 is 0 Å². The molecule has 0 aliphatic heterocycles. The van der Waals surface area contributed by atoms with Crippen molar-refractivity contribution in [3.63, 3.8) is 0 Å². The number of amides is 1. The Balaban J connectivity index is 2.14. The van der Waals surface area contributed by atoms with Gasteiger partial charge in [-0.1, -0.05) is 6.07 Å². The molecule has 0 spiro atoms. The van der Waals surface area contributed by atoms with Crippen molar-refractivity contribution >= 4 is 34.6 Å². The lowest BCUT2D eigenvalue weighted by Crippen LogP contribution is -2.09. The van der Waals surface area contributed by atoms with Crippen molar-refractivity contribution in [2.75, 3.05) is 10.6 Å². The maximum atomic E-state index is 11.1. The van der Waals surface area contributed by atoms with Crippen LogP contribution in [0.1, 0.15) is 27.7 Å². The molecule has 2 aromatic rings. The molecular weight excluding hydrogens is 288 g/mol. The Labute approximate surface area is 126 Å². The Kier molecular flexibility index (Phi) is 4.59. The predicted molar refractivity (Wildman–Crippen MR) is 84.1 cm³/mol. The summed E-state index contributed by atoms with van der Waals surface area (Å²) in [5.74, 6) is -1.05. The molecule has 110 valence electrons. The van der Waals surface area contributed by atoms with Crippen LogP contribution >= 0.6 is 11.3 Å². The first-order chi connectivity index (χ1) is 9.99. The van der Waals surface area contributed by atoms with Gasteiger partial charge in [0.25, 0.3) is 0 Å². The molecule has 5 nitrogen and oxygen atoms in total. The quantitative estimate of drug-likeness (QED) is 0.791. The van der Waals surface area contributed by atoms with E-state index < -0.39 is 5.97 Å². The molecule has 3 N–H and O–H groups in total. The monoisotopic (exact) mass is 304 g/mol. The van der Waals surface area contributed by atoms with Gasteiger partial charge in [0.15, 0.2) is 0 Å². The van der Waals surface area contributed by atoms with Gasteiger partial charge in [0.1, 0.15) is 0 Å². The van der Waals surface area contributed by atoms with E-state index in [0.717, 1.165) is 16.3 Å². The number of rotatable bonds is 5. The van der Waals surface area contributed by atoms with Gasteiger partial charge in [-0.25, -0.2) is 4.79 Å². The Morgan fingerprint density at radius 2 is 2.00 bits per heavy atom. The van der Waals surface area contributed by atoms with Crippen molar-refractivity contribution in [1.82, 2.24) is 0 Å². The van der Waals surface area contributed by atoms with E-state index in [4.69, 9.17) is 5.11 Å². The van der Waals surface area contributed by atoms with Gasteiger partial charge in [-0.3, -0.25) is 4.79 Å². The lowest BCUT2D eigenvalue weighted by atomic mass is 10.1. The Bertz CT molecular complexity index is 679. The number of thiophene rings is 1. The van der Waals surface area contributed by atoms with Crippen LogP contribution in [0.4, 0.5) is 11.4 Å². The second kappa shape index (κ2) is 6.41. The van der Waals surface area contributed by atoms with Gasteiger partial charge < -0.3 is 15.7 Å². The Morgan fingerprint density at radius 3 is 2.67 bits per heavy atom. The fourth-order valence-electron chi connectivity index (χ4n) is 2.01. The summed E-state index contributed by atoms with van der Waals surface area (Å²) < 4.78 is 0. The van der Waals surface area contributed by atoms with E-state index in [1.807, 2.05) is 17.5 Å². The molecular formula is C15H16N2O3S. The number of carboxylic acids is 1. The molecule has 0 bridgehead atoms. The highest BCUT2D eigenvalue weighted by Crippen LogP contribution is 2.25. The number of carbonyl (C=O) groups excluding carboxylic acids is 1. The summed E-state index contributed by atoms with van der Waals surface area (Å²) in [5, 5.41) is 17.0. The predicted octanol–water partition coefficient (Wildman–Crippen LogP) is 3.33. The standard InChI is InChI=1S/C15H16N2O3S/c1-9-11(15(19)20)4-3-5-12(9)16-8-14-13(6-7-21-14)17-10(2)18/h3-7,16H,8H2,1-2H3,(H,17,18)(H,19,20). The summed E-state index contributed by atoms with van der Waals surface area (Å²) in [7, 11) is 0. The zero-order valence-corrected chi connectivity index (χ0v) is 12.6. The van der Waals surface area contributed by atoms with Crippen molar-refractivity contribution in [3.8, 4) is 0 Å². The van der Waals surface area contributed by atoms with E-state index in [1.165, 1.54) is 18.3 Å². The number of anilines is 2. The average molecular weight is 304 g/mol. The van der Waals surface area contributed by atoms with Crippen molar-refractivity contribution < 1.29 is 14.7 Å². The first-order valence-corrected chi connectivity index (χ1v) is 7.27. The molecule has 0 unspecified atom stereocenters. The van der Waals surface area contributed by atoms with Gasteiger partial charge in [0, 0.05) is 17.5 Å². The number of carboxylic acid groups (broad SMARTS) is 1. The second-order valence-electron chi connectivity index (χ2n) is 4.58. The summed E-state index contributed by atoms with van der Waals surface area (Å²) in [5.41, 5.74) is 2.54. The molecule has 2 rings (SSSR count). The van der Waals surface area contributed by atoms with Crippen LogP contribution < -0.4 is 10.6 Å². The van der Waals surface area contributed by atoms with Crippen LogP contribution in [-0.4, -0.2) is 17.0 Å². The average Bonchev–Trinajstić information content (AvgIpc) is 2.83. The second-order valence-corrected chi connectivity index (χ2v) is 5.58. The smallest absolute Gasteiger partial charge is 0.336 e. The van der Waals surface area contributed by atoms with Crippen LogP contribution in [0.25, 0.3) is 0 Å². The first kappa shape index (κ1) is 15.1. The molecule has 1 aromatic heterocycles. The van der Waals surface area contributed by atoms with Gasteiger partial charge in [0.2, 0.25) is 5.91 Å². The molecule has 6 heteroatoms. The molecule has 1 amide bonds. The molecule has 0 radical (unpaired) electrons. The van der Waals surface area contributed by atoms with Crippen LogP contribution in [0, 0.1) is 6.92 Å². The number of hydrogen-bond acceptors (Lipinski definition) is 4. The van der Waals surface area contributed by atoms with E-state index in [0.29, 0.717) is 12.1 Å². The number of benzene rings is 1. The maximum absolute atomic E-state index is 11.1. The highest BCUT2D eigenvalue weighted by Gasteiger charge is 2.11. The summed E-state index contributed by atoms with van der Waals surface area (Å²) in [6, 6.07) is 6.98.